The lowest BCUT2D eigenvalue weighted by molar-refractivity contribution is -0.122. The van der Waals surface area contributed by atoms with Gasteiger partial charge < -0.3 is 5.32 Å². The van der Waals surface area contributed by atoms with Gasteiger partial charge >= 0.3 is 0 Å². The van der Waals surface area contributed by atoms with E-state index in [-0.39, 0.29) is 24.3 Å². The average molecular weight is 304 g/mol. The van der Waals surface area contributed by atoms with E-state index < -0.39 is 16.6 Å². The Bertz CT molecular complexity index is 439. The van der Waals surface area contributed by atoms with Crippen molar-refractivity contribution >= 4 is 22.8 Å². The summed E-state index contributed by atoms with van der Waals surface area (Å²) in [5, 5.41) is 3.39. The summed E-state index contributed by atoms with van der Waals surface area (Å²) in [5.41, 5.74) is 0. The topological polar surface area (TPSA) is 41.5 Å². The van der Waals surface area contributed by atoms with E-state index in [2.05, 4.69) is 10.3 Å². The van der Waals surface area contributed by atoms with Gasteiger partial charge in [-0.25, -0.2) is 8.78 Å². The average Bonchev–Trinajstić information content (AvgIpc) is 2.61. The molecule has 2 aliphatic rings. The van der Waals surface area contributed by atoms with Crippen LogP contribution in [0.2, 0.25) is 0 Å². The molecule has 114 valence electrons. The minimum absolute atomic E-state index is 0.0366. The Kier molecular flexibility index (Phi) is 4.15. The van der Waals surface area contributed by atoms with Crippen molar-refractivity contribution in [2.24, 2.45) is 16.8 Å². The minimum atomic E-state index is -2.57. The maximum absolute atomic E-state index is 13.5. The Balaban J connectivity index is 2.06. The SMILES string of the molecule is CC1CC(N=C2NC(=O)C(C)(C(C)C)S2)CCC1(F)F. The van der Waals surface area contributed by atoms with Gasteiger partial charge in [0, 0.05) is 12.3 Å². The number of nitrogens with zero attached hydrogens (tertiary/aromatic N) is 1. The minimum Gasteiger partial charge on any atom is -0.304 e. The largest absolute Gasteiger partial charge is 0.304 e. The number of halogens is 2. The summed E-state index contributed by atoms with van der Waals surface area (Å²) in [5.74, 6) is -3.07. The molecule has 0 radical (unpaired) electrons. The van der Waals surface area contributed by atoms with Crippen LogP contribution in [0.5, 0.6) is 0 Å². The van der Waals surface area contributed by atoms with Crippen LogP contribution in [0.4, 0.5) is 8.78 Å². The van der Waals surface area contributed by atoms with Crippen LogP contribution in [0.3, 0.4) is 0 Å². The molecule has 1 N–H and O–H groups in total. The molecule has 2 fully saturated rings. The van der Waals surface area contributed by atoms with Crippen LogP contribution in [0.15, 0.2) is 4.99 Å². The quantitative estimate of drug-likeness (QED) is 0.849. The zero-order valence-electron chi connectivity index (χ0n) is 12.4. The van der Waals surface area contributed by atoms with Gasteiger partial charge in [0.25, 0.3) is 5.92 Å². The second kappa shape index (κ2) is 5.28. The summed E-state index contributed by atoms with van der Waals surface area (Å²) >= 11 is 1.43. The van der Waals surface area contributed by atoms with Crippen molar-refractivity contribution < 1.29 is 13.6 Å². The number of rotatable bonds is 2. The van der Waals surface area contributed by atoms with Crippen LogP contribution in [0, 0.1) is 11.8 Å². The number of hydrogen-bond donors (Lipinski definition) is 1. The highest BCUT2D eigenvalue weighted by Crippen LogP contribution is 2.41. The molecular formula is C14H22F2N2OS. The maximum Gasteiger partial charge on any atom is 0.250 e. The van der Waals surface area contributed by atoms with Gasteiger partial charge in [-0.2, -0.15) is 0 Å². The molecule has 3 unspecified atom stereocenters. The van der Waals surface area contributed by atoms with Crippen molar-refractivity contribution in [2.75, 3.05) is 0 Å². The van der Waals surface area contributed by atoms with E-state index in [9.17, 15) is 13.6 Å². The first-order valence-corrected chi connectivity index (χ1v) is 7.93. The Morgan fingerprint density at radius 1 is 1.45 bits per heavy atom. The lowest BCUT2D eigenvalue weighted by Crippen LogP contribution is -2.38. The number of aliphatic imine (C=N–C) groups is 1. The zero-order valence-corrected chi connectivity index (χ0v) is 13.2. The van der Waals surface area contributed by atoms with Crippen molar-refractivity contribution in [3.8, 4) is 0 Å². The van der Waals surface area contributed by atoms with Gasteiger partial charge in [0.2, 0.25) is 5.91 Å². The number of amides is 1. The van der Waals surface area contributed by atoms with Crippen LogP contribution >= 0.6 is 11.8 Å². The van der Waals surface area contributed by atoms with Gasteiger partial charge in [-0.05, 0) is 25.7 Å². The summed E-state index contributed by atoms with van der Waals surface area (Å²) < 4.78 is 26.4. The summed E-state index contributed by atoms with van der Waals surface area (Å²) in [4.78, 5) is 16.5. The van der Waals surface area contributed by atoms with Crippen LogP contribution in [-0.2, 0) is 4.79 Å². The summed E-state index contributed by atoms with van der Waals surface area (Å²) in [6.45, 7) is 7.47. The Hall–Kier alpha value is -0.650. The fourth-order valence-electron chi connectivity index (χ4n) is 2.52. The third-order valence-corrected chi connectivity index (χ3v) is 6.02. The Morgan fingerprint density at radius 2 is 2.10 bits per heavy atom. The molecular weight excluding hydrogens is 282 g/mol. The number of amidine groups is 1. The molecule has 1 saturated carbocycles. The molecule has 1 saturated heterocycles. The predicted molar refractivity (Wildman–Crippen MR) is 78.2 cm³/mol. The van der Waals surface area contributed by atoms with Gasteiger partial charge in [-0.3, -0.25) is 9.79 Å². The van der Waals surface area contributed by atoms with E-state index in [4.69, 9.17) is 0 Å². The van der Waals surface area contributed by atoms with E-state index in [1.165, 1.54) is 11.8 Å². The van der Waals surface area contributed by atoms with Crippen molar-refractivity contribution in [1.29, 1.82) is 0 Å². The van der Waals surface area contributed by atoms with Crippen LogP contribution < -0.4 is 5.32 Å². The van der Waals surface area contributed by atoms with E-state index in [1.54, 1.807) is 6.92 Å². The first-order valence-electron chi connectivity index (χ1n) is 7.11. The van der Waals surface area contributed by atoms with Crippen molar-refractivity contribution in [2.45, 2.75) is 63.7 Å². The molecule has 2 rings (SSSR count). The van der Waals surface area contributed by atoms with Gasteiger partial charge in [0.05, 0.1) is 6.04 Å². The third-order valence-electron chi connectivity index (χ3n) is 4.54. The number of nitrogens with one attached hydrogen (secondary N) is 1. The van der Waals surface area contributed by atoms with E-state index in [1.807, 2.05) is 20.8 Å². The standard InChI is InChI=1S/C14H22F2N2OS/c1-8(2)13(4)11(19)18-12(20-13)17-10-5-6-14(15,16)9(3)7-10/h8-10H,5-7H2,1-4H3,(H,17,18,19). The van der Waals surface area contributed by atoms with Crippen LogP contribution in [0.1, 0.15) is 47.0 Å². The number of carbonyl (C=O) groups excluding carboxylic acids is 1. The number of carbonyl (C=O) groups is 1. The number of thioether (sulfide) groups is 1. The smallest absolute Gasteiger partial charge is 0.250 e. The molecule has 0 spiro atoms. The van der Waals surface area contributed by atoms with E-state index >= 15 is 0 Å². The lowest BCUT2D eigenvalue weighted by Gasteiger charge is -2.32. The Labute approximate surface area is 123 Å². The highest BCUT2D eigenvalue weighted by molar-refractivity contribution is 8.16. The molecule has 1 aliphatic carbocycles. The van der Waals surface area contributed by atoms with E-state index in [0.717, 1.165) is 0 Å². The molecule has 1 aliphatic heterocycles. The zero-order chi connectivity index (χ0) is 15.1. The summed E-state index contributed by atoms with van der Waals surface area (Å²) in [6.07, 6.45) is 0.649. The highest BCUT2D eigenvalue weighted by Gasteiger charge is 2.46. The number of alkyl halides is 2. The molecule has 1 amide bonds. The molecule has 0 aromatic heterocycles. The molecule has 20 heavy (non-hydrogen) atoms. The number of hydrogen-bond acceptors (Lipinski definition) is 3. The van der Waals surface area contributed by atoms with Gasteiger partial charge in [0.15, 0.2) is 5.17 Å². The fourth-order valence-corrected chi connectivity index (χ4v) is 3.65. The molecule has 6 heteroatoms. The van der Waals surface area contributed by atoms with Crippen molar-refractivity contribution in [1.82, 2.24) is 5.32 Å². The van der Waals surface area contributed by atoms with Gasteiger partial charge in [-0.15, -0.1) is 0 Å². The molecule has 3 atom stereocenters. The molecule has 1 heterocycles. The molecule has 3 nitrogen and oxygen atoms in total. The molecule has 0 aromatic carbocycles. The van der Waals surface area contributed by atoms with E-state index in [0.29, 0.717) is 18.0 Å². The highest BCUT2D eigenvalue weighted by atomic mass is 32.2. The molecule has 0 aromatic rings. The lowest BCUT2D eigenvalue weighted by atomic mass is 9.84. The second-order valence-corrected chi connectivity index (χ2v) is 7.78. The first-order chi connectivity index (χ1) is 9.15. The monoisotopic (exact) mass is 304 g/mol. The van der Waals surface area contributed by atoms with Crippen molar-refractivity contribution in [3.05, 3.63) is 0 Å². The predicted octanol–water partition coefficient (Wildman–Crippen LogP) is 3.44. The first kappa shape index (κ1) is 15.7. The summed E-state index contributed by atoms with van der Waals surface area (Å²) in [6, 6.07) is -0.109. The van der Waals surface area contributed by atoms with Gasteiger partial charge in [-0.1, -0.05) is 32.5 Å². The normalized spacial score (nSPS) is 39.4. The van der Waals surface area contributed by atoms with Crippen LogP contribution in [-0.4, -0.2) is 27.8 Å². The Morgan fingerprint density at radius 3 is 2.60 bits per heavy atom. The fraction of sp³-hybridized carbons (Fsp3) is 0.857. The third kappa shape index (κ3) is 2.85. The van der Waals surface area contributed by atoms with Crippen LogP contribution in [0.25, 0.3) is 0 Å². The van der Waals surface area contributed by atoms with Gasteiger partial charge in [0.1, 0.15) is 4.75 Å². The maximum atomic E-state index is 13.5. The second-order valence-electron chi connectivity index (χ2n) is 6.34. The summed E-state index contributed by atoms with van der Waals surface area (Å²) in [7, 11) is 0. The van der Waals surface area contributed by atoms with Crippen molar-refractivity contribution in [3.63, 3.8) is 0 Å². The molecule has 0 bridgehead atoms.